The van der Waals surface area contributed by atoms with Crippen LogP contribution in [-0.2, 0) is 4.74 Å². The first-order valence-corrected chi connectivity index (χ1v) is 8.16. The fraction of sp³-hybridized carbons (Fsp3) is 0.529. The molecule has 1 fully saturated rings. The van der Waals surface area contributed by atoms with Gasteiger partial charge in [0.05, 0.1) is 6.10 Å². The van der Waals surface area contributed by atoms with Gasteiger partial charge in [-0.15, -0.1) is 0 Å². The lowest BCUT2D eigenvalue weighted by atomic mass is 10.1. The van der Waals surface area contributed by atoms with E-state index in [1.54, 1.807) is 30.0 Å². The zero-order valence-electron chi connectivity index (χ0n) is 13.6. The summed E-state index contributed by atoms with van der Waals surface area (Å²) in [5.74, 6) is -0.964. The molecule has 0 unspecified atom stereocenters. The molecule has 0 saturated carbocycles. The minimum absolute atomic E-state index is 0.0366. The van der Waals surface area contributed by atoms with Crippen molar-refractivity contribution in [2.45, 2.75) is 39.2 Å². The predicted molar refractivity (Wildman–Crippen MR) is 85.1 cm³/mol. The van der Waals surface area contributed by atoms with Gasteiger partial charge in [-0.1, -0.05) is 6.07 Å². The van der Waals surface area contributed by atoms with E-state index >= 15 is 0 Å². The summed E-state index contributed by atoms with van der Waals surface area (Å²) in [6, 6.07) is 5.30. The fourth-order valence-corrected chi connectivity index (χ4v) is 3.05. The van der Waals surface area contributed by atoms with Crippen LogP contribution in [0, 0.1) is 12.9 Å². The smallest absolute Gasteiger partial charge is 0.277 e. The van der Waals surface area contributed by atoms with Gasteiger partial charge in [0, 0.05) is 25.4 Å². The molecule has 1 aliphatic rings. The molecule has 23 heavy (non-hydrogen) atoms. The van der Waals surface area contributed by atoms with Crippen LogP contribution in [0.15, 0.2) is 18.2 Å². The monoisotopic (exact) mass is 319 g/mol. The molecule has 3 heterocycles. The van der Waals surface area contributed by atoms with Crippen LogP contribution in [0.3, 0.4) is 0 Å². The molecule has 3 rings (SSSR count). The van der Waals surface area contributed by atoms with Gasteiger partial charge < -0.3 is 9.64 Å². The molecular formula is C17H22FN3O2. The number of carbonyl (C=O) groups excluding carboxylic acids is 1. The van der Waals surface area contributed by atoms with Gasteiger partial charge in [-0.05, 0) is 45.2 Å². The van der Waals surface area contributed by atoms with Gasteiger partial charge in [0.25, 0.3) is 5.91 Å². The molecule has 5 nitrogen and oxygen atoms in total. The molecule has 0 radical (unpaired) electrons. The molecule has 6 heteroatoms. The van der Waals surface area contributed by atoms with Gasteiger partial charge in [-0.2, -0.15) is 4.39 Å². The van der Waals surface area contributed by atoms with Crippen molar-refractivity contribution in [2.24, 2.45) is 0 Å². The summed E-state index contributed by atoms with van der Waals surface area (Å²) in [6.07, 6.45) is 3.15. The molecule has 124 valence electrons. The summed E-state index contributed by atoms with van der Waals surface area (Å²) >= 11 is 0. The predicted octanol–water partition coefficient (Wildman–Crippen LogP) is 2.81. The van der Waals surface area contributed by atoms with Crippen LogP contribution in [0.5, 0.6) is 0 Å². The summed E-state index contributed by atoms with van der Waals surface area (Å²) in [7, 11) is 0. The number of fused-ring (bicyclic) bond motifs is 1. The number of amides is 1. The number of hydrogen-bond donors (Lipinski definition) is 0. The van der Waals surface area contributed by atoms with E-state index < -0.39 is 5.95 Å². The van der Waals surface area contributed by atoms with Crippen molar-refractivity contribution in [3.05, 3.63) is 35.5 Å². The van der Waals surface area contributed by atoms with E-state index in [2.05, 4.69) is 4.98 Å². The van der Waals surface area contributed by atoms with Crippen molar-refractivity contribution in [3.8, 4) is 0 Å². The molecule has 0 aromatic carbocycles. The Balaban J connectivity index is 1.85. The average molecular weight is 319 g/mol. The highest BCUT2D eigenvalue weighted by Gasteiger charge is 2.26. The first kappa shape index (κ1) is 15.9. The Morgan fingerprint density at radius 3 is 2.96 bits per heavy atom. The van der Waals surface area contributed by atoms with Crippen molar-refractivity contribution < 1.29 is 13.9 Å². The molecule has 2 aromatic rings. The van der Waals surface area contributed by atoms with Crippen LogP contribution in [0.4, 0.5) is 4.39 Å². The average Bonchev–Trinajstić information content (AvgIpc) is 2.91. The number of carbonyl (C=O) groups is 1. The zero-order valence-corrected chi connectivity index (χ0v) is 13.6. The van der Waals surface area contributed by atoms with Crippen molar-refractivity contribution >= 4 is 11.6 Å². The van der Waals surface area contributed by atoms with Gasteiger partial charge >= 0.3 is 0 Å². The molecule has 0 N–H and O–H groups in total. The van der Waals surface area contributed by atoms with Gasteiger partial charge in [-0.3, -0.25) is 9.20 Å². The molecule has 1 amide bonds. The van der Waals surface area contributed by atoms with Crippen molar-refractivity contribution in [1.29, 1.82) is 0 Å². The number of aromatic nitrogens is 2. The minimum atomic E-state index is -0.592. The van der Waals surface area contributed by atoms with E-state index in [0.717, 1.165) is 25.9 Å². The highest BCUT2D eigenvalue weighted by molar-refractivity contribution is 5.93. The third kappa shape index (κ3) is 3.08. The van der Waals surface area contributed by atoms with E-state index in [4.69, 9.17) is 4.74 Å². The van der Waals surface area contributed by atoms with E-state index in [-0.39, 0.29) is 17.7 Å². The molecule has 2 aromatic heterocycles. The summed E-state index contributed by atoms with van der Waals surface area (Å²) < 4.78 is 21.7. The Hall–Kier alpha value is -1.95. The van der Waals surface area contributed by atoms with Crippen molar-refractivity contribution in [3.63, 3.8) is 0 Å². The quantitative estimate of drug-likeness (QED) is 0.870. The van der Waals surface area contributed by atoms with E-state index in [1.165, 1.54) is 4.40 Å². The molecule has 1 aliphatic heterocycles. The zero-order chi connectivity index (χ0) is 16.4. The molecule has 0 aliphatic carbocycles. The van der Waals surface area contributed by atoms with Gasteiger partial charge in [-0.25, -0.2) is 4.98 Å². The molecule has 1 atom stereocenters. The number of rotatable bonds is 4. The lowest BCUT2D eigenvalue weighted by molar-refractivity contribution is -0.00332. The van der Waals surface area contributed by atoms with Crippen molar-refractivity contribution in [1.82, 2.24) is 14.3 Å². The molecular weight excluding hydrogens is 297 g/mol. The summed E-state index contributed by atoms with van der Waals surface area (Å²) in [4.78, 5) is 18.5. The highest BCUT2D eigenvalue weighted by Crippen LogP contribution is 2.18. The van der Waals surface area contributed by atoms with Gasteiger partial charge in [0.15, 0.2) is 5.69 Å². The van der Waals surface area contributed by atoms with E-state index in [0.29, 0.717) is 24.4 Å². The third-order valence-electron chi connectivity index (χ3n) is 4.35. The van der Waals surface area contributed by atoms with Crippen LogP contribution < -0.4 is 0 Å². The lowest BCUT2D eigenvalue weighted by Gasteiger charge is -2.28. The second-order valence-corrected chi connectivity index (χ2v) is 5.94. The molecule has 0 bridgehead atoms. The largest absolute Gasteiger partial charge is 0.376 e. The number of nitrogens with zero attached hydrogens (tertiary/aromatic N) is 3. The highest BCUT2D eigenvalue weighted by atomic mass is 19.1. The molecule has 0 spiro atoms. The van der Waals surface area contributed by atoms with Crippen LogP contribution in [-0.4, -0.2) is 46.0 Å². The fourth-order valence-electron chi connectivity index (χ4n) is 3.05. The maximum absolute atomic E-state index is 14.6. The van der Waals surface area contributed by atoms with Crippen LogP contribution >= 0.6 is 0 Å². The standard InChI is InChI=1S/C17H22FN3O2/c1-3-20(11-13-8-4-5-10-23-13)17(22)15-16(18)21-12(2)7-6-9-14(21)19-15/h6-7,9,13H,3-5,8,10-11H2,1-2H3/t13-/m0/s1. The molecule has 1 saturated heterocycles. The van der Waals surface area contributed by atoms with Crippen LogP contribution in [0.1, 0.15) is 42.4 Å². The van der Waals surface area contributed by atoms with Crippen LogP contribution in [0.2, 0.25) is 0 Å². The number of imidazole rings is 1. The minimum Gasteiger partial charge on any atom is -0.376 e. The second-order valence-electron chi connectivity index (χ2n) is 5.94. The third-order valence-corrected chi connectivity index (χ3v) is 4.35. The van der Waals surface area contributed by atoms with Crippen LogP contribution in [0.25, 0.3) is 5.65 Å². The normalized spacial score (nSPS) is 18.3. The first-order valence-electron chi connectivity index (χ1n) is 8.16. The number of hydrogen-bond acceptors (Lipinski definition) is 3. The Morgan fingerprint density at radius 1 is 1.48 bits per heavy atom. The van der Waals surface area contributed by atoms with Gasteiger partial charge in [0.2, 0.25) is 5.95 Å². The van der Waals surface area contributed by atoms with Gasteiger partial charge in [0.1, 0.15) is 5.65 Å². The SMILES string of the molecule is CCN(C[C@@H]1CCCCO1)C(=O)c1nc2cccc(C)n2c1F. The Bertz CT molecular complexity index is 707. The maximum Gasteiger partial charge on any atom is 0.277 e. The maximum atomic E-state index is 14.6. The number of likely N-dealkylation sites (N-methyl/N-ethyl adjacent to an activating group) is 1. The summed E-state index contributed by atoms with van der Waals surface area (Å²) in [5.41, 5.74) is 1.05. The van der Waals surface area contributed by atoms with E-state index in [9.17, 15) is 9.18 Å². The summed E-state index contributed by atoms with van der Waals surface area (Å²) in [6.45, 7) is 5.41. The number of aryl methyl sites for hydroxylation is 1. The number of pyridine rings is 1. The number of halogens is 1. The number of ether oxygens (including phenoxy) is 1. The lowest BCUT2D eigenvalue weighted by Crippen LogP contribution is -2.40. The second kappa shape index (κ2) is 6.66. The van der Waals surface area contributed by atoms with Crippen molar-refractivity contribution in [2.75, 3.05) is 19.7 Å². The summed E-state index contributed by atoms with van der Waals surface area (Å²) in [5, 5.41) is 0. The topological polar surface area (TPSA) is 46.8 Å². The Kier molecular flexibility index (Phi) is 4.61. The Labute approximate surface area is 135 Å². The Morgan fingerprint density at radius 2 is 2.30 bits per heavy atom. The first-order chi connectivity index (χ1) is 11.1. The van der Waals surface area contributed by atoms with E-state index in [1.807, 2.05) is 6.92 Å².